The number of rotatable bonds is 7. The van der Waals surface area contributed by atoms with Gasteiger partial charge in [-0.2, -0.15) is 5.10 Å². The van der Waals surface area contributed by atoms with E-state index in [-0.39, 0.29) is 18.5 Å². The second-order valence-electron chi connectivity index (χ2n) is 6.08. The fraction of sp³-hybridized carbons (Fsp3) is 0.250. The number of halogens is 2. The highest BCUT2D eigenvalue weighted by atomic mass is 35.5. The summed E-state index contributed by atoms with van der Waals surface area (Å²) in [5, 5.41) is 6.79. The molecule has 28 heavy (non-hydrogen) atoms. The van der Waals surface area contributed by atoms with Crippen LogP contribution < -0.4 is 15.5 Å². The second kappa shape index (κ2) is 10.4. The summed E-state index contributed by atoms with van der Waals surface area (Å²) in [6, 6.07) is 10.7. The smallest absolute Gasteiger partial charge is 0.329 e. The number of carbonyl (C=O) groups is 2. The van der Waals surface area contributed by atoms with Gasteiger partial charge < -0.3 is 10.1 Å². The molecule has 2 amide bonds. The third-order valence-electron chi connectivity index (χ3n) is 3.85. The van der Waals surface area contributed by atoms with Crippen LogP contribution >= 0.6 is 11.6 Å². The third kappa shape index (κ3) is 6.66. The third-order valence-corrected chi connectivity index (χ3v) is 4.08. The van der Waals surface area contributed by atoms with Gasteiger partial charge in [0.2, 0.25) is 0 Å². The number of hydrogen-bond donors (Lipinski definition) is 2. The quantitative estimate of drug-likeness (QED) is 0.421. The summed E-state index contributed by atoms with van der Waals surface area (Å²) in [5.74, 6) is -1.48. The van der Waals surface area contributed by atoms with E-state index in [2.05, 4.69) is 15.8 Å². The maximum Gasteiger partial charge on any atom is 0.329 e. The van der Waals surface area contributed by atoms with Gasteiger partial charge in [-0.1, -0.05) is 30.7 Å². The minimum absolute atomic E-state index is 0.110. The molecule has 0 radical (unpaired) electrons. The Balaban J connectivity index is 2.01. The predicted octanol–water partition coefficient (Wildman–Crippen LogP) is 3.42. The first-order chi connectivity index (χ1) is 13.4. The van der Waals surface area contributed by atoms with E-state index in [9.17, 15) is 14.0 Å². The molecule has 0 unspecified atom stereocenters. The molecule has 0 heterocycles. The molecule has 0 aliphatic carbocycles. The lowest BCUT2D eigenvalue weighted by Gasteiger charge is -2.10. The second-order valence-corrected chi connectivity index (χ2v) is 6.52. The topological polar surface area (TPSA) is 79.8 Å². The van der Waals surface area contributed by atoms with Crippen molar-refractivity contribution in [3.63, 3.8) is 0 Å². The van der Waals surface area contributed by atoms with Gasteiger partial charge in [0.05, 0.1) is 6.21 Å². The molecule has 0 aliphatic rings. The molecule has 2 N–H and O–H groups in total. The zero-order chi connectivity index (χ0) is 20.5. The van der Waals surface area contributed by atoms with Crippen LogP contribution in [0, 0.1) is 5.82 Å². The monoisotopic (exact) mass is 405 g/mol. The Morgan fingerprint density at radius 1 is 1.21 bits per heavy atom. The molecule has 0 saturated heterocycles. The number of benzene rings is 2. The summed E-state index contributed by atoms with van der Waals surface area (Å²) in [6.45, 7) is 3.91. The Kier molecular flexibility index (Phi) is 7.95. The predicted molar refractivity (Wildman–Crippen MR) is 106 cm³/mol. The molecular formula is C20H21ClFN3O3. The number of amides is 2. The lowest BCUT2D eigenvalue weighted by atomic mass is 10.2. The average Bonchev–Trinajstić information content (AvgIpc) is 2.68. The van der Waals surface area contributed by atoms with Crippen molar-refractivity contribution in [2.45, 2.75) is 32.9 Å². The van der Waals surface area contributed by atoms with E-state index in [1.807, 2.05) is 6.92 Å². The van der Waals surface area contributed by atoms with E-state index in [0.29, 0.717) is 22.8 Å². The first-order valence-electron chi connectivity index (χ1n) is 8.69. The molecule has 0 bridgehead atoms. The zero-order valence-electron chi connectivity index (χ0n) is 15.5. The van der Waals surface area contributed by atoms with Gasteiger partial charge in [0, 0.05) is 16.6 Å². The molecule has 2 aromatic carbocycles. The largest absolute Gasteiger partial charge is 0.488 e. The Morgan fingerprint density at radius 3 is 2.61 bits per heavy atom. The lowest BCUT2D eigenvalue weighted by Crippen LogP contribution is -2.41. The highest BCUT2D eigenvalue weighted by molar-refractivity contribution is 6.35. The minimum Gasteiger partial charge on any atom is -0.488 e. The van der Waals surface area contributed by atoms with Crippen LogP contribution in [0.2, 0.25) is 5.02 Å². The van der Waals surface area contributed by atoms with Crippen LogP contribution in [0.25, 0.3) is 0 Å². The first kappa shape index (κ1) is 21.4. The SMILES string of the molecule is CC[C@H](C)NC(=O)C(=O)N/N=C\c1cc(Cl)ccc1OCc1ccc(F)cc1. The highest BCUT2D eigenvalue weighted by Gasteiger charge is 2.14. The van der Waals surface area contributed by atoms with E-state index in [0.717, 1.165) is 5.56 Å². The van der Waals surface area contributed by atoms with Crippen LogP contribution in [0.5, 0.6) is 5.75 Å². The Labute approximate surface area is 167 Å². The van der Waals surface area contributed by atoms with E-state index in [4.69, 9.17) is 16.3 Å². The van der Waals surface area contributed by atoms with Crippen molar-refractivity contribution in [2.24, 2.45) is 5.10 Å². The van der Waals surface area contributed by atoms with Crippen LogP contribution in [0.4, 0.5) is 4.39 Å². The number of ether oxygens (including phenoxy) is 1. The maximum atomic E-state index is 13.0. The number of nitrogens with one attached hydrogen (secondary N) is 2. The van der Waals surface area contributed by atoms with Crippen LogP contribution in [0.15, 0.2) is 47.6 Å². The van der Waals surface area contributed by atoms with Crippen LogP contribution in [0.3, 0.4) is 0 Å². The van der Waals surface area contributed by atoms with Crippen molar-refractivity contribution in [2.75, 3.05) is 0 Å². The molecule has 0 aliphatic heterocycles. The van der Waals surface area contributed by atoms with E-state index in [1.54, 1.807) is 37.3 Å². The molecule has 1 atom stereocenters. The first-order valence-corrected chi connectivity index (χ1v) is 9.07. The van der Waals surface area contributed by atoms with Gasteiger partial charge in [-0.05, 0) is 49.2 Å². The van der Waals surface area contributed by atoms with Gasteiger partial charge in [0.1, 0.15) is 18.2 Å². The molecule has 2 rings (SSSR count). The number of nitrogens with zero attached hydrogens (tertiary/aromatic N) is 1. The average molecular weight is 406 g/mol. The molecule has 0 aromatic heterocycles. The molecule has 2 aromatic rings. The van der Waals surface area contributed by atoms with Crippen molar-refractivity contribution in [3.05, 3.63) is 64.4 Å². The molecule has 0 fully saturated rings. The summed E-state index contributed by atoms with van der Waals surface area (Å²) < 4.78 is 18.7. The summed E-state index contributed by atoms with van der Waals surface area (Å²) in [4.78, 5) is 23.4. The van der Waals surface area contributed by atoms with Gasteiger partial charge in [0.15, 0.2) is 0 Å². The van der Waals surface area contributed by atoms with Crippen LogP contribution in [0.1, 0.15) is 31.4 Å². The van der Waals surface area contributed by atoms with Gasteiger partial charge in [-0.25, -0.2) is 9.82 Å². The van der Waals surface area contributed by atoms with Crippen molar-refractivity contribution in [1.29, 1.82) is 0 Å². The molecular weight excluding hydrogens is 385 g/mol. The maximum absolute atomic E-state index is 13.0. The summed E-state index contributed by atoms with van der Waals surface area (Å²) >= 11 is 6.01. The van der Waals surface area contributed by atoms with Crippen molar-refractivity contribution < 1.29 is 18.7 Å². The lowest BCUT2D eigenvalue weighted by molar-refractivity contribution is -0.139. The standard InChI is InChI=1S/C20H21ClFN3O3/c1-3-13(2)24-19(26)20(27)25-23-11-15-10-16(21)6-9-18(15)28-12-14-4-7-17(22)8-5-14/h4-11,13H,3,12H2,1-2H3,(H,24,26)(H,25,27)/b23-11-/t13-/m0/s1. The highest BCUT2D eigenvalue weighted by Crippen LogP contribution is 2.22. The Hall–Kier alpha value is -2.93. The molecule has 0 saturated carbocycles. The Morgan fingerprint density at radius 2 is 1.93 bits per heavy atom. The number of carbonyl (C=O) groups excluding carboxylic acids is 2. The summed E-state index contributed by atoms with van der Waals surface area (Å²) in [5.41, 5.74) is 3.46. The number of hydrazone groups is 1. The van der Waals surface area contributed by atoms with Crippen molar-refractivity contribution >= 4 is 29.6 Å². The minimum atomic E-state index is -0.868. The molecule has 6 nitrogen and oxygen atoms in total. The normalized spacial score (nSPS) is 11.9. The molecule has 0 spiro atoms. The molecule has 148 valence electrons. The number of hydrogen-bond acceptors (Lipinski definition) is 4. The fourth-order valence-corrected chi connectivity index (χ4v) is 2.28. The van der Waals surface area contributed by atoms with E-state index >= 15 is 0 Å². The summed E-state index contributed by atoms with van der Waals surface area (Å²) in [6.07, 6.45) is 2.04. The van der Waals surface area contributed by atoms with E-state index in [1.165, 1.54) is 18.3 Å². The van der Waals surface area contributed by atoms with Crippen molar-refractivity contribution in [3.8, 4) is 5.75 Å². The zero-order valence-corrected chi connectivity index (χ0v) is 16.3. The van der Waals surface area contributed by atoms with Gasteiger partial charge in [0.25, 0.3) is 0 Å². The van der Waals surface area contributed by atoms with Crippen molar-refractivity contribution in [1.82, 2.24) is 10.7 Å². The fourth-order valence-electron chi connectivity index (χ4n) is 2.10. The van der Waals surface area contributed by atoms with Gasteiger partial charge >= 0.3 is 11.8 Å². The molecule has 8 heteroatoms. The van der Waals surface area contributed by atoms with E-state index < -0.39 is 11.8 Å². The van der Waals surface area contributed by atoms with Crippen LogP contribution in [-0.4, -0.2) is 24.1 Å². The van der Waals surface area contributed by atoms with Crippen LogP contribution in [-0.2, 0) is 16.2 Å². The van der Waals surface area contributed by atoms with Gasteiger partial charge in [-0.3, -0.25) is 9.59 Å². The Bertz CT molecular complexity index is 856. The van der Waals surface area contributed by atoms with Gasteiger partial charge in [-0.15, -0.1) is 0 Å². The summed E-state index contributed by atoms with van der Waals surface area (Å²) in [7, 11) is 0.